The Labute approximate surface area is 112 Å². The summed E-state index contributed by atoms with van der Waals surface area (Å²) in [5.74, 6) is 0.526. The van der Waals surface area contributed by atoms with E-state index in [1.54, 1.807) is 11.0 Å². The van der Waals surface area contributed by atoms with Gasteiger partial charge in [-0.3, -0.25) is 4.79 Å². The molecule has 6 heteroatoms. The quantitative estimate of drug-likeness (QED) is 0.788. The van der Waals surface area contributed by atoms with Gasteiger partial charge in [-0.25, -0.2) is 0 Å². The van der Waals surface area contributed by atoms with Crippen molar-refractivity contribution in [3.8, 4) is 5.88 Å². The summed E-state index contributed by atoms with van der Waals surface area (Å²) < 4.78 is 10.8. The number of likely N-dealkylation sites (tertiary alicyclic amines) is 1. The first-order valence-electron chi connectivity index (χ1n) is 6.51. The number of aryl methyl sites for hydroxylation is 1. The minimum absolute atomic E-state index is 0.0115. The van der Waals surface area contributed by atoms with Crippen molar-refractivity contribution in [2.24, 2.45) is 0 Å². The summed E-state index contributed by atoms with van der Waals surface area (Å²) in [6, 6.07) is 3.66. The molecule has 2 heterocycles. The maximum Gasteiger partial charge on any atom is 0.248 e. The molecular formula is C13H19N3O3. The minimum atomic E-state index is -0.0115. The van der Waals surface area contributed by atoms with Crippen molar-refractivity contribution in [1.82, 2.24) is 15.1 Å². The van der Waals surface area contributed by atoms with E-state index >= 15 is 0 Å². The van der Waals surface area contributed by atoms with Crippen LogP contribution >= 0.6 is 0 Å². The highest BCUT2D eigenvalue weighted by Gasteiger charge is 2.27. The number of amides is 1. The predicted octanol–water partition coefficient (Wildman–Crippen LogP) is 0.801. The molecule has 2 rings (SSSR count). The maximum absolute atomic E-state index is 11.8. The van der Waals surface area contributed by atoms with Gasteiger partial charge in [0, 0.05) is 25.6 Å². The Morgan fingerprint density at radius 3 is 3.00 bits per heavy atom. The van der Waals surface area contributed by atoms with Gasteiger partial charge in [0.15, 0.2) is 0 Å². The third-order valence-electron chi connectivity index (χ3n) is 2.99. The van der Waals surface area contributed by atoms with E-state index in [0.717, 1.165) is 12.1 Å². The van der Waals surface area contributed by atoms with Gasteiger partial charge in [0.25, 0.3) is 0 Å². The second kappa shape index (κ2) is 6.47. The number of rotatable bonds is 5. The predicted molar refractivity (Wildman–Crippen MR) is 68.9 cm³/mol. The highest BCUT2D eigenvalue weighted by atomic mass is 16.5. The van der Waals surface area contributed by atoms with Gasteiger partial charge in [0.1, 0.15) is 12.7 Å². The summed E-state index contributed by atoms with van der Waals surface area (Å²) >= 11 is 0. The summed E-state index contributed by atoms with van der Waals surface area (Å²) in [6.45, 7) is 5.74. The SMILES string of the molecule is CCOCC(=O)N1CC[C@H](Oc2ccc(C)nn2)C1. The van der Waals surface area contributed by atoms with Crippen LogP contribution in [-0.2, 0) is 9.53 Å². The van der Waals surface area contributed by atoms with Crippen molar-refractivity contribution in [3.63, 3.8) is 0 Å². The molecule has 0 spiro atoms. The fourth-order valence-corrected chi connectivity index (χ4v) is 1.95. The zero-order chi connectivity index (χ0) is 13.7. The molecule has 19 heavy (non-hydrogen) atoms. The monoisotopic (exact) mass is 265 g/mol. The lowest BCUT2D eigenvalue weighted by Gasteiger charge is -2.16. The number of ether oxygens (including phenoxy) is 2. The standard InChI is InChI=1S/C13H19N3O3/c1-3-18-9-13(17)16-7-6-11(8-16)19-12-5-4-10(2)14-15-12/h4-5,11H,3,6-9H2,1-2H3/t11-/m0/s1. The van der Waals surface area contributed by atoms with E-state index in [1.807, 2.05) is 19.9 Å². The van der Waals surface area contributed by atoms with Gasteiger partial charge >= 0.3 is 0 Å². The largest absolute Gasteiger partial charge is 0.471 e. The van der Waals surface area contributed by atoms with E-state index < -0.39 is 0 Å². The first kappa shape index (κ1) is 13.7. The molecule has 1 aromatic rings. The van der Waals surface area contributed by atoms with Gasteiger partial charge in [-0.05, 0) is 19.9 Å². The number of aromatic nitrogens is 2. The van der Waals surface area contributed by atoms with Gasteiger partial charge in [-0.15, -0.1) is 5.10 Å². The topological polar surface area (TPSA) is 64.5 Å². The van der Waals surface area contributed by atoms with Crippen LogP contribution in [0.3, 0.4) is 0 Å². The summed E-state index contributed by atoms with van der Waals surface area (Å²) in [4.78, 5) is 13.5. The first-order valence-corrected chi connectivity index (χ1v) is 6.51. The van der Waals surface area contributed by atoms with Crippen molar-refractivity contribution in [2.45, 2.75) is 26.4 Å². The minimum Gasteiger partial charge on any atom is -0.471 e. The van der Waals surface area contributed by atoms with Gasteiger partial charge in [-0.2, -0.15) is 5.10 Å². The second-order valence-corrected chi connectivity index (χ2v) is 4.52. The Balaban J connectivity index is 1.81. The fraction of sp³-hybridized carbons (Fsp3) is 0.615. The summed E-state index contributed by atoms with van der Waals surface area (Å²) in [6.07, 6.45) is 0.801. The average Bonchev–Trinajstić information content (AvgIpc) is 2.87. The molecule has 0 unspecified atom stereocenters. The van der Waals surface area contributed by atoms with Crippen LogP contribution in [0.1, 0.15) is 19.0 Å². The van der Waals surface area contributed by atoms with E-state index in [2.05, 4.69) is 10.2 Å². The smallest absolute Gasteiger partial charge is 0.248 e. The Bertz CT molecular complexity index is 422. The Hall–Kier alpha value is -1.69. The molecule has 1 aliphatic heterocycles. The molecular weight excluding hydrogens is 246 g/mol. The third-order valence-corrected chi connectivity index (χ3v) is 2.99. The van der Waals surface area contributed by atoms with E-state index in [-0.39, 0.29) is 18.6 Å². The number of hydrogen-bond acceptors (Lipinski definition) is 5. The van der Waals surface area contributed by atoms with Crippen LogP contribution in [0, 0.1) is 6.92 Å². The molecule has 1 atom stereocenters. The molecule has 1 saturated heterocycles. The Kier molecular flexibility index (Phi) is 4.68. The van der Waals surface area contributed by atoms with Gasteiger partial charge in [-0.1, -0.05) is 0 Å². The molecule has 0 radical (unpaired) electrons. The number of nitrogens with zero attached hydrogens (tertiary/aromatic N) is 3. The number of carbonyl (C=O) groups excluding carboxylic acids is 1. The Morgan fingerprint density at radius 2 is 2.32 bits per heavy atom. The molecule has 1 fully saturated rings. The van der Waals surface area contributed by atoms with E-state index in [0.29, 0.717) is 25.6 Å². The van der Waals surface area contributed by atoms with Crippen LogP contribution in [0.15, 0.2) is 12.1 Å². The van der Waals surface area contributed by atoms with Crippen molar-refractivity contribution < 1.29 is 14.3 Å². The molecule has 1 amide bonds. The van der Waals surface area contributed by atoms with Crippen LogP contribution in [0.25, 0.3) is 0 Å². The van der Waals surface area contributed by atoms with Gasteiger partial charge < -0.3 is 14.4 Å². The molecule has 6 nitrogen and oxygen atoms in total. The van der Waals surface area contributed by atoms with Crippen LogP contribution in [-0.4, -0.2) is 53.4 Å². The molecule has 1 aliphatic rings. The van der Waals surface area contributed by atoms with Crippen LogP contribution in [0.4, 0.5) is 0 Å². The molecule has 0 bridgehead atoms. The van der Waals surface area contributed by atoms with Gasteiger partial charge in [0.05, 0.1) is 12.2 Å². The summed E-state index contributed by atoms with van der Waals surface area (Å²) in [5, 5.41) is 7.90. The van der Waals surface area contributed by atoms with Crippen molar-refractivity contribution in [1.29, 1.82) is 0 Å². The average molecular weight is 265 g/mol. The first-order chi connectivity index (χ1) is 9.19. The highest BCUT2D eigenvalue weighted by Crippen LogP contribution is 2.16. The zero-order valence-corrected chi connectivity index (χ0v) is 11.3. The molecule has 0 saturated carbocycles. The molecule has 0 N–H and O–H groups in total. The van der Waals surface area contributed by atoms with Crippen LogP contribution in [0.5, 0.6) is 5.88 Å². The summed E-state index contributed by atoms with van der Waals surface area (Å²) in [7, 11) is 0. The molecule has 104 valence electrons. The van der Waals surface area contributed by atoms with Crippen LogP contribution < -0.4 is 4.74 Å². The molecule has 1 aromatic heterocycles. The summed E-state index contributed by atoms with van der Waals surface area (Å²) in [5.41, 5.74) is 0.854. The van der Waals surface area contributed by atoms with Crippen LogP contribution in [0.2, 0.25) is 0 Å². The van der Waals surface area contributed by atoms with Crippen molar-refractivity contribution >= 4 is 5.91 Å². The van der Waals surface area contributed by atoms with E-state index in [1.165, 1.54) is 0 Å². The van der Waals surface area contributed by atoms with Crippen molar-refractivity contribution in [2.75, 3.05) is 26.3 Å². The van der Waals surface area contributed by atoms with E-state index in [9.17, 15) is 4.79 Å². The second-order valence-electron chi connectivity index (χ2n) is 4.52. The highest BCUT2D eigenvalue weighted by molar-refractivity contribution is 5.77. The third kappa shape index (κ3) is 3.89. The maximum atomic E-state index is 11.8. The lowest BCUT2D eigenvalue weighted by molar-refractivity contribution is -0.135. The van der Waals surface area contributed by atoms with Crippen molar-refractivity contribution in [3.05, 3.63) is 17.8 Å². The molecule has 0 aliphatic carbocycles. The normalized spacial score (nSPS) is 18.6. The Morgan fingerprint density at radius 1 is 1.47 bits per heavy atom. The molecule has 0 aromatic carbocycles. The lowest BCUT2D eigenvalue weighted by Crippen LogP contribution is -2.33. The van der Waals surface area contributed by atoms with Gasteiger partial charge in [0.2, 0.25) is 11.8 Å². The number of hydrogen-bond donors (Lipinski definition) is 0. The van der Waals surface area contributed by atoms with E-state index in [4.69, 9.17) is 9.47 Å². The fourth-order valence-electron chi connectivity index (χ4n) is 1.95. The zero-order valence-electron chi connectivity index (χ0n) is 11.3. The lowest BCUT2D eigenvalue weighted by atomic mass is 10.3. The number of carbonyl (C=O) groups is 1.